The first-order chi connectivity index (χ1) is 9.90. The molecule has 0 fully saturated rings. The van der Waals surface area contributed by atoms with E-state index in [2.05, 4.69) is 4.98 Å². The monoisotopic (exact) mass is 289 g/mol. The van der Waals surface area contributed by atoms with Crippen LogP contribution in [0.15, 0.2) is 24.3 Å². The first kappa shape index (κ1) is 14.6. The molecule has 0 radical (unpaired) electrons. The number of carboxylic acid groups (broad SMARTS) is 2. The van der Waals surface area contributed by atoms with Crippen molar-refractivity contribution in [1.82, 2.24) is 4.98 Å². The van der Waals surface area contributed by atoms with Crippen LogP contribution >= 0.6 is 0 Å². The van der Waals surface area contributed by atoms with Crippen LogP contribution in [0.5, 0.6) is 5.75 Å². The van der Waals surface area contributed by atoms with E-state index in [1.54, 1.807) is 13.0 Å². The van der Waals surface area contributed by atoms with Gasteiger partial charge in [0, 0.05) is 5.56 Å². The fourth-order valence-corrected chi connectivity index (χ4v) is 2.07. The lowest BCUT2D eigenvalue weighted by atomic mass is 10.1. The van der Waals surface area contributed by atoms with E-state index >= 15 is 0 Å². The van der Waals surface area contributed by atoms with Crippen LogP contribution in [-0.4, -0.2) is 27.1 Å². The predicted molar refractivity (Wildman–Crippen MR) is 75.0 cm³/mol. The highest BCUT2D eigenvalue weighted by Crippen LogP contribution is 2.22. The zero-order valence-electron chi connectivity index (χ0n) is 11.6. The van der Waals surface area contributed by atoms with Crippen LogP contribution in [0.4, 0.5) is 0 Å². The van der Waals surface area contributed by atoms with Gasteiger partial charge in [0.25, 0.3) is 0 Å². The molecule has 6 heteroatoms. The van der Waals surface area contributed by atoms with E-state index in [1.165, 1.54) is 0 Å². The third-order valence-corrected chi connectivity index (χ3v) is 3.18. The number of aryl methyl sites for hydroxylation is 1. The summed E-state index contributed by atoms with van der Waals surface area (Å²) in [5, 5.41) is 18.2. The number of aromatic amines is 1. The summed E-state index contributed by atoms with van der Waals surface area (Å²) in [7, 11) is 0. The minimum Gasteiger partial charge on any atom is -0.489 e. The Hall–Kier alpha value is -2.76. The number of aromatic nitrogens is 1. The van der Waals surface area contributed by atoms with Crippen molar-refractivity contribution in [1.29, 1.82) is 0 Å². The van der Waals surface area contributed by atoms with E-state index in [9.17, 15) is 9.59 Å². The summed E-state index contributed by atoms with van der Waals surface area (Å²) in [6.07, 6.45) is 0. The van der Waals surface area contributed by atoms with E-state index in [4.69, 9.17) is 14.9 Å². The standard InChI is InChI=1S/C15H15NO5/c1-8-4-3-5-10(6-8)21-7-11-9(2)12(14(17)18)16-13(11)15(19)20/h3-6,16H,7H2,1-2H3,(H,17,18)(H,19,20). The van der Waals surface area contributed by atoms with Gasteiger partial charge in [0.05, 0.1) is 0 Å². The molecule has 2 aromatic rings. The first-order valence-electron chi connectivity index (χ1n) is 6.27. The largest absolute Gasteiger partial charge is 0.489 e. The third-order valence-electron chi connectivity index (χ3n) is 3.18. The second-order valence-electron chi connectivity index (χ2n) is 4.69. The third kappa shape index (κ3) is 3.05. The second kappa shape index (κ2) is 5.70. The highest BCUT2D eigenvalue weighted by Gasteiger charge is 2.22. The molecule has 0 saturated heterocycles. The average Bonchev–Trinajstić information content (AvgIpc) is 2.74. The molecule has 0 saturated carbocycles. The van der Waals surface area contributed by atoms with Gasteiger partial charge in [0.2, 0.25) is 0 Å². The molecule has 0 amide bonds. The fraction of sp³-hybridized carbons (Fsp3) is 0.200. The van der Waals surface area contributed by atoms with Gasteiger partial charge in [-0.15, -0.1) is 0 Å². The molecule has 0 aliphatic carbocycles. The van der Waals surface area contributed by atoms with Crippen molar-refractivity contribution < 1.29 is 24.5 Å². The van der Waals surface area contributed by atoms with Crippen molar-refractivity contribution in [3.05, 3.63) is 52.3 Å². The molecule has 0 atom stereocenters. The zero-order valence-corrected chi connectivity index (χ0v) is 11.6. The Bertz CT molecular complexity index is 702. The summed E-state index contributed by atoms with van der Waals surface area (Å²) in [6, 6.07) is 7.32. The van der Waals surface area contributed by atoms with Crippen molar-refractivity contribution in [2.24, 2.45) is 0 Å². The molecule has 1 heterocycles. The van der Waals surface area contributed by atoms with Gasteiger partial charge in [-0.1, -0.05) is 12.1 Å². The Balaban J connectivity index is 2.30. The molecule has 0 bridgehead atoms. The molecular weight excluding hydrogens is 274 g/mol. The van der Waals surface area contributed by atoms with Gasteiger partial charge in [0.15, 0.2) is 0 Å². The van der Waals surface area contributed by atoms with Gasteiger partial charge in [-0.2, -0.15) is 0 Å². The van der Waals surface area contributed by atoms with Crippen molar-refractivity contribution in [2.75, 3.05) is 0 Å². The lowest BCUT2D eigenvalue weighted by Gasteiger charge is -2.07. The first-order valence-corrected chi connectivity index (χ1v) is 6.27. The quantitative estimate of drug-likeness (QED) is 0.785. The highest BCUT2D eigenvalue weighted by molar-refractivity contribution is 5.94. The van der Waals surface area contributed by atoms with E-state index in [-0.39, 0.29) is 18.0 Å². The highest BCUT2D eigenvalue weighted by atomic mass is 16.5. The number of hydrogen-bond acceptors (Lipinski definition) is 3. The van der Waals surface area contributed by atoms with Gasteiger partial charge in [0.1, 0.15) is 23.7 Å². The smallest absolute Gasteiger partial charge is 0.352 e. The van der Waals surface area contributed by atoms with Crippen LogP contribution in [0, 0.1) is 13.8 Å². The van der Waals surface area contributed by atoms with Gasteiger partial charge < -0.3 is 19.9 Å². The van der Waals surface area contributed by atoms with Crippen LogP contribution in [0.3, 0.4) is 0 Å². The number of carboxylic acids is 2. The Morgan fingerprint density at radius 1 is 1.14 bits per heavy atom. The van der Waals surface area contributed by atoms with Crippen molar-refractivity contribution in [2.45, 2.75) is 20.5 Å². The van der Waals surface area contributed by atoms with Crippen LogP contribution < -0.4 is 4.74 Å². The van der Waals surface area contributed by atoms with Crippen LogP contribution in [0.1, 0.15) is 37.7 Å². The summed E-state index contributed by atoms with van der Waals surface area (Å²) >= 11 is 0. The normalized spacial score (nSPS) is 10.4. The summed E-state index contributed by atoms with van der Waals surface area (Å²) in [5.74, 6) is -1.81. The van der Waals surface area contributed by atoms with E-state index in [1.807, 2.05) is 25.1 Å². The lowest BCUT2D eigenvalue weighted by Crippen LogP contribution is -2.05. The SMILES string of the molecule is Cc1cccc(OCc2c(C(=O)O)[nH]c(C(=O)O)c2C)c1. The molecule has 0 unspecified atom stereocenters. The Labute approximate surface area is 121 Å². The van der Waals surface area contributed by atoms with Gasteiger partial charge in [-0.05, 0) is 37.1 Å². The number of aromatic carboxylic acids is 2. The Kier molecular flexibility index (Phi) is 3.98. The maximum Gasteiger partial charge on any atom is 0.352 e. The molecule has 2 rings (SSSR count). The molecule has 6 nitrogen and oxygen atoms in total. The number of nitrogens with one attached hydrogen (secondary N) is 1. The van der Waals surface area contributed by atoms with Crippen molar-refractivity contribution in [3.8, 4) is 5.75 Å². The molecular formula is C15H15NO5. The van der Waals surface area contributed by atoms with Crippen molar-refractivity contribution >= 4 is 11.9 Å². The van der Waals surface area contributed by atoms with Gasteiger partial charge in [-0.3, -0.25) is 0 Å². The van der Waals surface area contributed by atoms with Crippen LogP contribution in [0.2, 0.25) is 0 Å². The fourth-order valence-electron chi connectivity index (χ4n) is 2.07. The molecule has 0 spiro atoms. The average molecular weight is 289 g/mol. The number of ether oxygens (including phenoxy) is 1. The molecule has 1 aromatic carbocycles. The molecule has 1 aromatic heterocycles. The predicted octanol–water partition coefficient (Wildman–Crippen LogP) is 2.61. The number of carbonyl (C=O) groups is 2. The summed E-state index contributed by atoms with van der Waals surface area (Å²) in [4.78, 5) is 24.7. The van der Waals surface area contributed by atoms with Crippen LogP contribution in [-0.2, 0) is 6.61 Å². The summed E-state index contributed by atoms with van der Waals surface area (Å²) in [6.45, 7) is 3.46. The number of rotatable bonds is 5. The number of hydrogen-bond donors (Lipinski definition) is 3. The topological polar surface area (TPSA) is 99.6 Å². The minimum absolute atomic E-state index is 0.0132. The summed E-state index contributed by atoms with van der Waals surface area (Å²) < 4.78 is 5.56. The van der Waals surface area contributed by atoms with Crippen LogP contribution in [0.25, 0.3) is 0 Å². The molecule has 0 aliphatic heterocycles. The summed E-state index contributed by atoms with van der Waals surface area (Å²) in [5.41, 5.74) is 1.43. The minimum atomic E-state index is -1.21. The molecule has 3 N–H and O–H groups in total. The maximum absolute atomic E-state index is 11.2. The van der Waals surface area contributed by atoms with E-state index in [0.717, 1.165) is 5.56 Å². The Morgan fingerprint density at radius 3 is 2.38 bits per heavy atom. The lowest BCUT2D eigenvalue weighted by molar-refractivity contribution is 0.0687. The molecule has 21 heavy (non-hydrogen) atoms. The molecule has 110 valence electrons. The van der Waals surface area contributed by atoms with Gasteiger partial charge in [-0.25, -0.2) is 9.59 Å². The molecule has 0 aliphatic rings. The van der Waals surface area contributed by atoms with Gasteiger partial charge >= 0.3 is 11.9 Å². The maximum atomic E-state index is 11.2. The zero-order chi connectivity index (χ0) is 15.6. The second-order valence-corrected chi connectivity index (χ2v) is 4.69. The number of benzene rings is 1. The number of H-pyrrole nitrogens is 1. The van der Waals surface area contributed by atoms with E-state index in [0.29, 0.717) is 16.9 Å². The van der Waals surface area contributed by atoms with E-state index < -0.39 is 11.9 Å². The Morgan fingerprint density at radius 2 is 1.81 bits per heavy atom. The van der Waals surface area contributed by atoms with Crippen molar-refractivity contribution in [3.63, 3.8) is 0 Å².